The number of carbonyl (C=O) groups is 1. The van der Waals surface area contributed by atoms with Crippen molar-refractivity contribution in [1.29, 1.82) is 0 Å². The molecule has 2 rings (SSSR count). The number of ketones is 1. The van der Waals surface area contributed by atoms with Crippen molar-refractivity contribution in [3.63, 3.8) is 0 Å². The summed E-state index contributed by atoms with van der Waals surface area (Å²) in [7, 11) is 0. The van der Waals surface area contributed by atoms with Gasteiger partial charge in [-0.25, -0.2) is 0 Å². The lowest BCUT2D eigenvalue weighted by atomic mass is 9.72. The number of hydrogen-bond donors (Lipinski definition) is 0. The minimum Gasteiger partial charge on any atom is -0.300 e. The highest BCUT2D eigenvalue weighted by Crippen LogP contribution is 2.53. The normalized spacial score (nSPS) is 30.3. The summed E-state index contributed by atoms with van der Waals surface area (Å²) in [6.07, 6.45) is 8.43. The summed E-state index contributed by atoms with van der Waals surface area (Å²) in [5.41, 5.74) is 0.544. The number of thioether (sulfide) groups is 1. The first kappa shape index (κ1) is 11.5. The first-order valence-corrected chi connectivity index (χ1v) is 7.24. The molecule has 0 aliphatic heterocycles. The van der Waals surface area contributed by atoms with Crippen LogP contribution in [0.4, 0.5) is 0 Å². The second-order valence-electron chi connectivity index (χ2n) is 5.49. The van der Waals surface area contributed by atoms with Crippen molar-refractivity contribution in [2.75, 3.05) is 0 Å². The first-order chi connectivity index (χ1) is 7.12. The van der Waals surface area contributed by atoms with Gasteiger partial charge in [0.1, 0.15) is 5.78 Å². The van der Waals surface area contributed by atoms with Crippen molar-refractivity contribution < 1.29 is 4.79 Å². The quantitative estimate of drug-likeness (QED) is 0.712. The zero-order valence-corrected chi connectivity index (χ0v) is 10.7. The Hall–Kier alpha value is 0.0200. The maximum atomic E-state index is 11.6. The van der Waals surface area contributed by atoms with E-state index in [1.165, 1.54) is 32.1 Å². The summed E-state index contributed by atoms with van der Waals surface area (Å²) in [4.78, 5) is 11.6. The zero-order valence-electron chi connectivity index (χ0n) is 9.92. The molecule has 15 heavy (non-hydrogen) atoms. The Morgan fingerprint density at radius 2 is 1.93 bits per heavy atom. The number of carbonyl (C=O) groups excluding carboxylic acids is 1. The van der Waals surface area contributed by atoms with Crippen LogP contribution in [0.2, 0.25) is 0 Å². The molecule has 0 heterocycles. The van der Waals surface area contributed by atoms with Crippen LogP contribution in [0.3, 0.4) is 0 Å². The largest absolute Gasteiger partial charge is 0.300 e. The summed E-state index contributed by atoms with van der Waals surface area (Å²) in [5, 5.41) is 1.29. The predicted octanol–water partition coefficient (Wildman–Crippen LogP) is 3.81. The summed E-state index contributed by atoms with van der Waals surface area (Å²) in [5.74, 6) is 0.505. The third kappa shape index (κ3) is 2.41. The molecule has 2 heteroatoms. The van der Waals surface area contributed by atoms with Gasteiger partial charge in [0.05, 0.1) is 0 Å². The van der Waals surface area contributed by atoms with Gasteiger partial charge in [-0.2, -0.15) is 11.8 Å². The fourth-order valence-corrected chi connectivity index (χ4v) is 4.83. The molecule has 0 amide bonds. The van der Waals surface area contributed by atoms with Crippen LogP contribution in [0.25, 0.3) is 0 Å². The van der Waals surface area contributed by atoms with E-state index >= 15 is 0 Å². The molecular weight excluding hydrogens is 204 g/mol. The molecule has 1 nitrogen and oxygen atoms in total. The summed E-state index contributed by atoms with van der Waals surface area (Å²) >= 11 is 2.05. The van der Waals surface area contributed by atoms with E-state index in [0.29, 0.717) is 21.7 Å². The number of Topliss-reactive ketones (excluding diaryl/α,β-unsaturated/α-hetero) is 1. The Balaban J connectivity index is 2.09. The zero-order chi connectivity index (χ0) is 10.9. The summed E-state index contributed by atoms with van der Waals surface area (Å²) < 4.78 is 0. The number of rotatable bonds is 2. The van der Waals surface area contributed by atoms with E-state index in [1.807, 2.05) is 0 Å². The molecule has 86 valence electrons. The Labute approximate surface area is 97.4 Å². The third-order valence-electron chi connectivity index (χ3n) is 4.03. The molecule has 2 aliphatic carbocycles. The lowest BCUT2D eigenvalue weighted by Gasteiger charge is -2.41. The maximum Gasteiger partial charge on any atom is 0.134 e. The van der Waals surface area contributed by atoms with Crippen LogP contribution in [0.15, 0.2) is 0 Å². The van der Waals surface area contributed by atoms with E-state index in [4.69, 9.17) is 0 Å². The fraction of sp³-hybridized carbons (Fsp3) is 0.923. The van der Waals surface area contributed by atoms with E-state index in [0.717, 1.165) is 12.8 Å². The first-order valence-electron chi connectivity index (χ1n) is 6.29. The highest BCUT2D eigenvalue weighted by Gasteiger charge is 2.45. The van der Waals surface area contributed by atoms with Crippen LogP contribution in [0, 0.1) is 5.41 Å². The molecule has 2 saturated carbocycles. The van der Waals surface area contributed by atoms with Gasteiger partial charge in [0.2, 0.25) is 0 Å². The lowest BCUT2D eigenvalue weighted by molar-refractivity contribution is -0.122. The molecule has 0 aromatic heterocycles. The maximum absolute atomic E-state index is 11.6. The summed E-state index contributed by atoms with van der Waals surface area (Å²) in [6.45, 7) is 4.51. The van der Waals surface area contributed by atoms with Crippen LogP contribution in [0.5, 0.6) is 0 Å². The van der Waals surface area contributed by atoms with Gasteiger partial charge in [-0.1, -0.05) is 26.7 Å². The SMILES string of the molecule is CC(C)SC1CC(=O)CCC12CCCC2. The third-order valence-corrected chi connectivity index (χ3v) is 5.57. The fourth-order valence-electron chi connectivity index (χ4n) is 3.25. The molecule has 0 N–H and O–H groups in total. The van der Waals surface area contributed by atoms with Gasteiger partial charge in [0.25, 0.3) is 0 Å². The molecule has 0 aromatic rings. The molecule has 0 bridgehead atoms. The van der Waals surface area contributed by atoms with E-state index < -0.39 is 0 Å². The minimum absolute atomic E-state index is 0.505. The van der Waals surface area contributed by atoms with E-state index in [2.05, 4.69) is 25.6 Å². The van der Waals surface area contributed by atoms with E-state index in [-0.39, 0.29) is 0 Å². The van der Waals surface area contributed by atoms with E-state index in [9.17, 15) is 4.79 Å². The van der Waals surface area contributed by atoms with Crippen molar-refractivity contribution in [3.8, 4) is 0 Å². The van der Waals surface area contributed by atoms with Gasteiger partial charge in [-0.3, -0.25) is 4.79 Å². The molecule has 1 unspecified atom stereocenters. The lowest BCUT2D eigenvalue weighted by Crippen LogP contribution is -2.37. The van der Waals surface area contributed by atoms with Crippen LogP contribution < -0.4 is 0 Å². The van der Waals surface area contributed by atoms with Gasteiger partial charge in [-0.15, -0.1) is 0 Å². The van der Waals surface area contributed by atoms with Gasteiger partial charge < -0.3 is 0 Å². The average molecular weight is 226 g/mol. The Bertz CT molecular complexity index is 241. The molecule has 1 spiro atoms. The van der Waals surface area contributed by atoms with Crippen molar-refractivity contribution >= 4 is 17.5 Å². The highest BCUT2D eigenvalue weighted by atomic mass is 32.2. The molecule has 1 atom stereocenters. The van der Waals surface area contributed by atoms with Crippen LogP contribution in [-0.4, -0.2) is 16.3 Å². The Morgan fingerprint density at radius 1 is 1.27 bits per heavy atom. The Kier molecular flexibility index (Phi) is 3.44. The van der Waals surface area contributed by atoms with Crippen molar-refractivity contribution in [1.82, 2.24) is 0 Å². The predicted molar refractivity (Wildman–Crippen MR) is 66.3 cm³/mol. The highest BCUT2D eigenvalue weighted by molar-refractivity contribution is 8.00. The molecule has 0 radical (unpaired) electrons. The number of hydrogen-bond acceptors (Lipinski definition) is 2. The van der Waals surface area contributed by atoms with Crippen molar-refractivity contribution in [2.45, 2.75) is 69.3 Å². The molecule has 0 aromatic carbocycles. The Morgan fingerprint density at radius 3 is 2.53 bits per heavy atom. The van der Waals surface area contributed by atoms with Crippen molar-refractivity contribution in [2.24, 2.45) is 5.41 Å². The van der Waals surface area contributed by atoms with Gasteiger partial charge in [-0.05, 0) is 29.9 Å². The molecule has 2 aliphatic rings. The second kappa shape index (κ2) is 4.48. The second-order valence-corrected chi connectivity index (χ2v) is 7.27. The molecular formula is C13H22OS. The van der Waals surface area contributed by atoms with Crippen LogP contribution in [0.1, 0.15) is 58.8 Å². The molecule has 2 fully saturated rings. The summed E-state index contributed by atoms with van der Waals surface area (Å²) in [6, 6.07) is 0. The standard InChI is InChI=1S/C13H22OS/c1-10(2)15-12-9-11(14)5-8-13(12)6-3-4-7-13/h10,12H,3-9H2,1-2H3. The van der Waals surface area contributed by atoms with E-state index in [1.54, 1.807) is 0 Å². The topological polar surface area (TPSA) is 17.1 Å². The monoisotopic (exact) mass is 226 g/mol. The van der Waals surface area contributed by atoms with Crippen LogP contribution >= 0.6 is 11.8 Å². The van der Waals surface area contributed by atoms with Gasteiger partial charge in [0.15, 0.2) is 0 Å². The smallest absolute Gasteiger partial charge is 0.134 e. The minimum atomic E-state index is 0.505. The van der Waals surface area contributed by atoms with Crippen LogP contribution in [-0.2, 0) is 4.79 Å². The average Bonchev–Trinajstić information content (AvgIpc) is 2.61. The van der Waals surface area contributed by atoms with Gasteiger partial charge >= 0.3 is 0 Å². The van der Waals surface area contributed by atoms with Gasteiger partial charge in [0, 0.05) is 18.1 Å². The van der Waals surface area contributed by atoms with Crippen molar-refractivity contribution in [3.05, 3.63) is 0 Å². The molecule has 0 saturated heterocycles.